The lowest BCUT2D eigenvalue weighted by Crippen LogP contribution is -2.10. The molecule has 0 bridgehead atoms. The van der Waals surface area contributed by atoms with Gasteiger partial charge in [-0.2, -0.15) is 9.97 Å². The van der Waals surface area contributed by atoms with E-state index in [0.29, 0.717) is 30.5 Å². The van der Waals surface area contributed by atoms with Crippen LogP contribution in [0.1, 0.15) is 12.8 Å². The van der Waals surface area contributed by atoms with Crippen molar-refractivity contribution in [3.63, 3.8) is 0 Å². The topological polar surface area (TPSA) is 111 Å². The highest BCUT2D eigenvalue weighted by molar-refractivity contribution is 5.92. The predicted molar refractivity (Wildman–Crippen MR) is 70.1 cm³/mol. The van der Waals surface area contributed by atoms with E-state index in [1.165, 1.54) is 12.8 Å². The minimum atomic E-state index is 0.220. The van der Waals surface area contributed by atoms with Crippen molar-refractivity contribution in [1.82, 2.24) is 20.2 Å². The standard InChI is InChI=1S/C7H8N6O.C4H8O/c8-7-10-4-3-5(11-7)12-13-6(3)14-2-1-9-4;1-2-4-5-3-1/h1-2H2,(H4,8,9,10,11,12,13);1-4H2. The van der Waals surface area contributed by atoms with Gasteiger partial charge in [-0.15, -0.1) is 5.10 Å². The van der Waals surface area contributed by atoms with Gasteiger partial charge in [-0.25, -0.2) is 0 Å². The van der Waals surface area contributed by atoms with Crippen molar-refractivity contribution < 1.29 is 9.47 Å². The molecular weight excluding hydrogens is 248 g/mol. The molecule has 8 nitrogen and oxygen atoms in total. The van der Waals surface area contributed by atoms with Crippen LogP contribution >= 0.6 is 0 Å². The van der Waals surface area contributed by atoms with Gasteiger partial charge in [0.1, 0.15) is 17.8 Å². The predicted octanol–water partition coefficient (Wildman–Crippen LogP) is 0.536. The first-order valence-electron chi connectivity index (χ1n) is 6.30. The van der Waals surface area contributed by atoms with Crippen LogP contribution in [0.25, 0.3) is 11.0 Å². The molecule has 2 aliphatic rings. The number of H-pyrrole nitrogens is 1. The molecule has 2 aromatic heterocycles. The van der Waals surface area contributed by atoms with Crippen LogP contribution in [-0.2, 0) is 4.74 Å². The summed E-state index contributed by atoms with van der Waals surface area (Å²) < 4.78 is 10.3. The van der Waals surface area contributed by atoms with Crippen LogP contribution in [0.3, 0.4) is 0 Å². The molecule has 0 aliphatic carbocycles. The molecule has 2 aliphatic heterocycles. The summed E-state index contributed by atoms with van der Waals surface area (Å²) in [5.74, 6) is 1.42. The maximum absolute atomic E-state index is 5.53. The summed E-state index contributed by atoms with van der Waals surface area (Å²) >= 11 is 0. The van der Waals surface area contributed by atoms with Crippen LogP contribution in [0.15, 0.2) is 0 Å². The molecule has 102 valence electrons. The van der Waals surface area contributed by atoms with E-state index in [1.807, 2.05) is 0 Å². The van der Waals surface area contributed by atoms with Gasteiger partial charge in [-0.1, -0.05) is 0 Å². The average molecular weight is 264 g/mol. The molecule has 4 N–H and O–H groups in total. The normalized spacial score (nSPS) is 17.1. The number of aromatic nitrogens is 4. The Bertz CT molecular complexity index is 558. The van der Waals surface area contributed by atoms with Crippen LogP contribution in [0.5, 0.6) is 5.88 Å². The number of hydrogen-bond donors (Lipinski definition) is 3. The Morgan fingerprint density at radius 1 is 1.11 bits per heavy atom. The largest absolute Gasteiger partial charge is 0.474 e. The van der Waals surface area contributed by atoms with Crippen LogP contribution in [0.4, 0.5) is 11.8 Å². The minimum Gasteiger partial charge on any atom is -0.474 e. The molecule has 0 aromatic carbocycles. The molecule has 0 amide bonds. The monoisotopic (exact) mass is 264 g/mol. The molecule has 0 atom stereocenters. The van der Waals surface area contributed by atoms with Crippen LogP contribution in [-0.4, -0.2) is 46.5 Å². The SMILES string of the molecule is C1CCOC1.Nc1nc2c3c(n[nH]c3n1)OCCN2. The fraction of sp³-hybridized carbons (Fsp3) is 0.545. The van der Waals surface area contributed by atoms with Crippen molar-refractivity contribution in [2.24, 2.45) is 0 Å². The zero-order chi connectivity index (χ0) is 13.1. The summed E-state index contributed by atoms with van der Waals surface area (Å²) in [7, 11) is 0. The minimum absolute atomic E-state index is 0.220. The Morgan fingerprint density at radius 2 is 1.95 bits per heavy atom. The molecule has 19 heavy (non-hydrogen) atoms. The van der Waals surface area contributed by atoms with Gasteiger partial charge in [0.25, 0.3) is 0 Å². The van der Waals surface area contributed by atoms with Crippen molar-refractivity contribution in [2.75, 3.05) is 37.4 Å². The molecule has 8 heteroatoms. The first-order valence-corrected chi connectivity index (χ1v) is 6.30. The Balaban J connectivity index is 0.000000187. The van der Waals surface area contributed by atoms with Gasteiger partial charge >= 0.3 is 0 Å². The molecule has 4 heterocycles. The third-order valence-corrected chi connectivity index (χ3v) is 2.86. The van der Waals surface area contributed by atoms with Crippen LogP contribution in [0, 0.1) is 0 Å². The van der Waals surface area contributed by atoms with Gasteiger partial charge < -0.3 is 20.5 Å². The number of nitrogens with two attached hydrogens (primary N) is 1. The quantitative estimate of drug-likeness (QED) is 0.636. The maximum atomic E-state index is 5.53. The van der Waals surface area contributed by atoms with Crippen molar-refractivity contribution in [3.05, 3.63) is 0 Å². The highest BCUT2D eigenvalue weighted by Crippen LogP contribution is 2.29. The molecule has 1 fully saturated rings. The van der Waals surface area contributed by atoms with E-state index in [-0.39, 0.29) is 5.95 Å². The van der Waals surface area contributed by atoms with Crippen LogP contribution < -0.4 is 15.8 Å². The summed E-state index contributed by atoms with van der Waals surface area (Å²) in [5.41, 5.74) is 6.13. The molecule has 0 spiro atoms. The third-order valence-electron chi connectivity index (χ3n) is 2.86. The van der Waals surface area contributed by atoms with E-state index in [2.05, 4.69) is 25.5 Å². The molecule has 4 rings (SSSR count). The fourth-order valence-electron chi connectivity index (χ4n) is 1.98. The van der Waals surface area contributed by atoms with Crippen molar-refractivity contribution in [1.29, 1.82) is 0 Å². The van der Waals surface area contributed by atoms with Crippen molar-refractivity contribution in [2.45, 2.75) is 12.8 Å². The average Bonchev–Trinajstić information content (AvgIpc) is 3.03. The smallest absolute Gasteiger partial charge is 0.246 e. The van der Waals surface area contributed by atoms with E-state index < -0.39 is 0 Å². The van der Waals surface area contributed by atoms with Crippen molar-refractivity contribution in [3.8, 4) is 5.88 Å². The number of nitrogens with zero attached hydrogens (tertiary/aromatic N) is 3. The second-order valence-corrected chi connectivity index (χ2v) is 4.28. The number of hydrogen-bond acceptors (Lipinski definition) is 7. The fourth-order valence-corrected chi connectivity index (χ4v) is 1.98. The number of anilines is 2. The van der Waals surface area contributed by atoms with Gasteiger partial charge in [0.2, 0.25) is 11.8 Å². The van der Waals surface area contributed by atoms with E-state index in [9.17, 15) is 0 Å². The Hall–Kier alpha value is -2.09. The maximum Gasteiger partial charge on any atom is 0.246 e. The third kappa shape index (κ3) is 2.53. The van der Waals surface area contributed by atoms with Gasteiger partial charge in [0.05, 0.1) is 6.54 Å². The summed E-state index contributed by atoms with van der Waals surface area (Å²) in [6, 6.07) is 0. The molecule has 0 saturated carbocycles. The van der Waals surface area contributed by atoms with E-state index in [4.69, 9.17) is 15.2 Å². The molecule has 0 radical (unpaired) electrons. The second kappa shape index (κ2) is 5.27. The van der Waals surface area contributed by atoms with Gasteiger partial charge in [-0.05, 0) is 12.8 Å². The lowest BCUT2D eigenvalue weighted by atomic mass is 10.4. The van der Waals surface area contributed by atoms with Gasteiger partial charge in [0, 0.05) is 13.2 Å². The summed E-state index contributed by atoms with van der Waals surface area (Å²) in [4.78, 5) is 8.09. The summed E-state index contributed by atoms with van der Waals surface area (Å²) in [5, 5.41) is 10.6. The molecular formula is C11H16N6O2. The zero-order valence-electron chi connectivity index (χ0n) is 10.5. The Morgan fingerprint density at radius 3 is 2.68 bits per heavy atom. The van der Waals surface area contributed by atoms with Crippen molar-refractivity contribution >= 4 is 22.8 Å². The van der Waals surface area contributed by atoms with Gasteiger partial charge in [-0.3, -0.25) is 5.10 Å². The van der Waals surface area contributed by atoms with E-state index in [1.54, 1.807) is 0 Å². The number of ether oxygens (including phenoxy) is 2. The summed E-state index contributed by atoms with van der Waals surface area (Å²) in [6.45, 7) is 3.23. The number of nitrogen functional groups attached to an aromatic ring is 1. The number of aromatic amines is 1. The Kier molecular flexibility index (Phi) is 3.32. The molecule has 1 saturated heterocycles. The van der Waals surface area contributed by atoms with Gasteiger partial charge in [0.15, 0.2) is 5.65 Å². The summed E-state index contributed by atoms with van der Waals surface area (Å²) in [6.07, 6.45) is 2.56. The second-order valence-electron chi connectivity index (χ2n) is 4.28. The van der Waals surface area contributed by atoms with E-state index >= 15 is 0 Å². The lowest BCUT2D eigenvalue weighted by molar-refractivity contribution is 0.198. The lowest BCUT2D eigenvalue weighted by Gasteiger charge is -2.01. The molecule has 2 aromatic rings. The first-order chi connectivity index (χ1) is 9.34. The first kappa shape index (κ1) is 12.0. The highest BCUT2D eigenvalue weighted by Gasteiger charge is 2.17. The molecule has 0 unspecified atom stereocenters. The highest BCUT2D eigenvalue weighted by atomic mass is 16.5. The Labute approximate surface area is 109 Å². The zero-order valence-corrected chi connectivity index (χ0v) is 10.5. The van der Waals surface area contributed by atoms with Crippen LogP contribution in [0.2, 0.25) is 0 Å². The number of nitrogens with one attached hydrogen (secondary N) is 2. The number of rotatable bonds is 0. The van der Waals surface area contributed by atoms with E-state index in [0.717, 1.165) is 18.6 Å².